The average Bonchev–Trinajstić information content (AvgIpc) is 2.79. The lowest BCUT2D eigenvalue weighted by Gasteiger charge is -2.25. The van der Waals surface area contributed by atoms with Gasteiger partial charge in [0.15, 0.2) is 0 Å². The summed E-state index contributed by atoms with van der Waals surface area (Å²) in [7, 11) is 0. The van der Waals surface area contributed by atoms with Crippen molar-refractivity contribution < 1.29 is 24.2 Å². The molecule has 5 heteroatoms. The van der Waals surface area contributed by atoms with Crippen LogP contribution in [0.3, 0.4) is 0 Å². The third-order valence-corrected chi connectivity index (χ3v) is 5.73. The third kappa shape index (κ3) is 3.26. The smallest absolute Gasteiger partial charge is 0.334 e. The molecule has 5 atom stereocenters. The molecule has 0 amide bonds. The van der Waals surface area contributed by atoms with Crippen molar-refractivity contribution in [1.29, 1.82) is 0 Å². The molecule has 1 fully saturated rings. The summed E-state index contributed by atoms with van der Waals surface area (Å²) in [5.41, 5.74) is 1.37. The minimum Gasteiger partial charge on any atom is -0.458 e. The Balaban J connectivity index is 1.89. The molecule has 3 aliphatic rings. The van der Waals surface area contributed by atoms with Gasteiger partial charge in [-0.1, -0.05) is 27.4 Å². The molecule has 5 nitrogen and oxygen atoms in total. The predicted molar refractivity (Wildman–Crippen MR) is 92.5 cm³/mol. The van der Waals surface area contributed by atoms with Crippen LogP contribution in [0, 0.1) is 17.8 Å². The highest BCUT2D eigenvalue weighted by molar-refractivity contribution is 5.91. The van der Waals surface area contributed by atoms with Gasteiger partial charge in [0.05, 0.1) is 5.60 Å². The van der Waals surface area contributed by atoms with Crippen LogP contribution in [0.2, 0.25) is 0 Å². The molecule has 1 saturated heterocycles. The van der Waals surface area contributed by atoms with Crippen LogP contribution in [-0.2, 0) is 19.1 Å². The van der Waals surface area contributed by atoms with E-state index in [1.165, 1.54) is 0 Å². The molecule has 0 aromatic heterocycles. The Bertz CT molecular complexity index is 642. The van der Waals surface area contributed by atoms with Gasteiger partial charge in [-0.2, -0.15) is 0 Å². The van der Waals surface area contributed by atoms with Crippen molar-refractivity contribution in [2.45, 2.75) is 71.2 Å². The van der Waals surface area contributed by atoms with Crippen molar-refractivity contribution in [2.75, 3.05) is 0 Å². The first kappa shape index (κ1) is 18.2. The highest BCUT2D eigenvalue weighted by atomic mass is 16.6. The van der Waals surface area contributed by atoms with Gasteiger partial charge in [0, 0.05) is 24.3 Å². The summed E-state index contributed by atoms with van der Waals surface area (Å²) in [6.07, 6.45) is 1.36. The number of fused-ring (bicyclic) bond motifs is 1. The van der Waals surface area contributed by atoms with E-state index in [1.807, 2.05) is 13.8 Å². The van der Waals surface area contributed by atoms with Crippen molar-refractivity contribution in [1.82, 2.24) is 0 Å². The van der Waals surface area contributed by atoms with Gasteiger partial charge in [0.25, 0.3) is 0 Å². The van der Waals surface area contributed by atoms with E-state index in [0.717, 1.165) is 11.1 Å². The maximum atomic E-state index is 12.2. The van der Waals surface area contributed by atoms with Crippen LogP contribution in [-0.4, -0.2) is 34.9 Å². The molecule has 0 saturated carbocycles. The molecule has 0 radical (unpaired) electrons. The van der Waals surface area contributed by atoms with Crippen molar-refractivity contribution in [3.05, 3.63) is 23.3 Å². The molecule has 1 N–H and O–H groups in total. The van der Waals surface area contributed by atoms with E-state index in [4.69, 9.17) is 9.47 Å². The van der Waals surface area contributed by atoms with Gasteiger partial charge in [0.1, 0.15) is 12.2 Å². The molecule has 138 valence electrons. The van der Waals surface area contributed by atoms with Gasteiger partial charge >= 0.3 is 11.9 Å². The zero-order valence-electron chi connectivity index (χ0n) is 15.5. The zero-order chi connectivity index (χ0) is 18.5. The zero-order valence-corrected chi connectivity index (χ0v) is 15.5. The van der Waals surface area contributed by atoms with Crippen LogP contribution in [0.4, 0.5) is 0 Å². The second-order valence-corrected chi connectivity index (χ2v) is 8.40. The Morgan fingerprint density at radius 2 is 2.16 bits per heavy atom. The lowest BCUT2D eigenvalue weighted by Crippen LogP contribution is -2.30. The fraction of sp³-hybridized carbons (Fsp3) is 0.700. The van der Waals surface area contributed by atoms with E-state index in [2.05, 4.69) is 13.5 Å². The summed E-state index contributed by atoms with van der Waals surface area (Å²) >= 11 is 0. The molecule has 0 spiro atoms. The van der Waals surface area contributed by atoms with Crippen molar-refractivity contribution >= 4 is 11.9 Å². The molecule has 3 rings (SSSR count). The number of carbonyl (C=O) groups excluding carboxylic acids is 2. The van der Waals surface area contributed by atoms with E-state index in [1.54, 1.807) is 6.92 Å². The monoisotopic (exact) mass is 348 g/mol. The van der Waals surface area contributed by atoms with E-state index in [-0.39, 0.29) is 35.8 Å². The minimum atomic E-state index is -1.03. The molecule has 0 bridgehead atoms. The summed E-state index contributed by atoms with van der Waals surface area (Å²) in [6.45, 7) is 11.7. The number of hydrogen-bond acceptors (Lipinski definition) is 5. The standard InChI is InChI=1S/C20H28O5/c1-10(2)6-17(21)24-16-9-20(5,23)14-8-13-12(4)19(22)25-15(13)7-11(3)18(14)16/h10-11,13,15-16,23H,4,6-9H2,1-3,5H3/t11-,13-,15+,16+,20-/m1/s1. The predicted octanol–water partition coefficient (Wildman–Crippen LogP) is 2.92. The minimum absolute atomic E-state index is 0.0783. The van der Waals surface area contributed by atoms with Gasteiger partial charge in [0.2, 0.25) is 0 Å². The third-order valence-electron chi connectivity index (χ3n) is 5.73. The quantitative estimate of drug-likeness (QED) is 0.482. The SMILES string of the molecule is C=C1C(=O)O[C@H]2C[C@@H](C)C3=C(C[C@H]12)[C@](C)(O)C[C@@H]3OC(=O)CC(C)C. The fourth-order valence-corrected chi connectivity index (χ4v) is 4.53. The van der Waals surface area contributed by atoms with Crippen molar-refractivity contribution in [3.63, 3.8) is 0 Å². The Hall–Kier alpha value is -1.62. The Morgan fingerprint density at radius 1 is 1.48 bits per heavy atom. The molecule has 0 aromatic rings. The highest BCUT2D eigenvalue weighted by Gasteiger charge is 2.51. The first-order valence-electron chi connectivity index (χ1n) is 9.15. The van der Waals surface area contributed by atoms with E-state index < -0.39 is 11.7 Å². The molecule has 2 aliphatic carbocycles. The topological polar surface area (TPSA) is 72.8 Å². The summed E-state index contributed by atoms with van der Waals surface area (Å²) < 4.78 is 11.2. The summed E-state index contributed by atoms with van der Waals surface area (Å²) in [5, 5.41) is 11.0. The Kier molecular flexibility index (Phi) is 4.56. The Labute approximate surface area is 149 Å². The largest absolute Gasteiger partial charge is 0.458 e. The average molecular weight is 348 g/mol. The number of carbonyl (C=O) groups is 2. The molecule has 1 aliphatic heterocycles. The van der Waals surface area contributed by atoms with Gasteiger partial charge in [-0.15, -0.1) is 0 Å². The number of hydrogen-bond donors (Lipinski definition) is 1. The van der Waals surface area contributed by atoms with Crippen LogP contribution >= 0.6 is 0 Å². The van der Waals surface area contributed by atoms with Gasteiger partial charge < -0.3 is 14.6 Å². The molecule has 0 aromatic carbocycles. The molecule has 0 unspecified atom stereocenters. The first-order valence-corrected chi connectivity index (χ1v) is 9.15. The number of rotatable bonds is 3. The molecular formula is C20H28O5. The van der Waals surface area contributed by atoms with Gasteiger partial charge in [-0.25, -0.2) is 4.79 Å². The number of esters is 2. The fourth-order valence-electron chi connectivity index (χ4n) is 4.53. The van der Waals surface area contributed by atoms with Gasteiger partial charge in [-0.05, 0) is 42.7 Å². The van der Waals surface area contributed by atoms with Crippen LogP contribution in [0.1, 0.15) is 53.4 Å². The number of ether oxygens (including phenoxy) is 2. The van der Waals surface area contributed by atoms with Gasteiger partial charge in [-0.3, -0.25) is 4.79 Å². The van der Waals surface area contributed by atoms with E-state index in [0.29, 0.717) is 31.3 Å². The van der Waals surface area contributed by atoms with Crippen molar-refractivity contribution in [2.24, 2.45) is 17.8 Å². The lowest BCUT2D eigenvalue weighted by molar-refractivity contribution is -0.149. The summed E-state index contributed by atoms with van der Waals surface area (Å²) in [4.78, 5) is 24.0. The highest BCUT2D eigenvalue weighted by Crippen LogP contribution is 2.50. The van der Waals surface area contributed by atoms with Crippen molar-refractivity contribution in [3.8, 4) is 0 Å². The maximum Gasteiger partial charge on any atom is 0.334 e. The second-order valence-electron chi connectivity index (χ2n) is 8.40. The second kappa shape index (κ2) is 6.27. The lowest BCUT2D eigenvalue weighted by atomic mass is 9.85. The molecule has 1 heterocycles. The van der Waals surface area contributed by atoms with E-state index in [9.17, 15) is 14.7 Å². The summed E-state index contributed by atoms with van der Waals surface area (Å²) in [6, 6.07) is 0. The first-order chi connectivity index (χ1) is 11.6. The van der Waals surface area contributed by atoms with Crippen LogP contribution < -0.4 is 0 Å². The summed E-state index contributed by atoms with van der Waals surface area (Å²) in [5.74, 6) is -0.342. The van der Waals surface area contributed by atoms with Crippen LogP contribution in [0.5, 0.6) is 0 Å². The number of aliphatic hydroxyl groups is 1. The van der Waals surface area contributed by atoms with Crippen LogP contribution in [0.25, 0.3) is 0 Å². The van der Waals surface area contributed by atoms with E-state index >= 15 is 0 Å². The maximum absolute atomic E-state index is 12.2. The molecular weight excluding hydrogens is 320 g/mol. The normalized spacial score (nSPS) is 37.7. The molecule has 25 heavy (non-hydrogen) atoms. The Morgan fingerprint density at radius 3 is 2.80 bits per heavy atom. The van der Waals surface area contributed by atoms with Crippen LogP contribution in [0.15, 0.2) is 23.3 Å².